The number of fused-ring (bicyclic) bond motifs is 3. The molecule has 3 heterocycles. The third-order valence-electron chi connectivity index (χ3n) is 14.0. The normalized spacial score (nSPS) is 12.8. The van der Waals surface area contributed by atoms with Crippen LogP contribution in [0, 0.1) is 6.07 Å². The van der Waals surface area contributed by atoms with E-state index < -0.39 is 0 Å². The van der Waals surface area contributed by atoms with E-state index in [9.17, 15) is 5.11 Å². The van der Waals surface area contributed by atoms with Crippen LogP contribution in [0.2, 0.25) is 0 Å². The number of aromatic hydroxyl groups is 1. The summed E-state index contributed by atoms with van der Waals surface area (Å²) in [5.41, 5.74) is 16.2. The van der Waals surface area contributed by atoms with Crippen LogP contribution < -0.4 is 21.1 Å². The van der Waals surface area contributed by atoms with Gasteiger partial charge in [-0.25, -0.2) is 4.98 Å². The van der Waals surface area contributed by atoms with Gasteiger partial charge in [-0.05, 0) is 91.7 Å². The van der Waals surface area contributed by atoms with Crippen LogP contribution in [0.5, 0.6) is 17.2 Å². The summed E-state index contributed by atoms with van der Waals surface area (Å²) < 4.78 is 8.70. The van der Waals surface area contributed by atoms with Gasteiger partial charge in [0.05, 0.1) is 22.3 Å². The molecule has 0 radical (unpaired) electrons. The first-order chi connectivity index (χ1) is 33.1. The molecule has 0 fully saturated rings. The third-order valence-corrected chi connectivity index (χ3v) is 14.0. The molecule has 7 heteroatoms. The second-order valence-corrected chi connectivity index (χ2v) is 23.2. The zero-order valence-corrected chi connectivity index (χ0v) is 45.4. The fraction of sp³-hybridized carbons (Fsp3) is 0.250. The van der Waals surface area contributed by atoms with Crippen LogP contribution in [0.15, 0.2) is 158 Å². The van der Waals surface area contributed by atoms with E-state index in [0.717, 1.165) is 94.8 Å². The van der Waals surface area contributed by atoms with Gasteiger partial charge in [0.1, 0.15) is 23.1 Å². The third kappa shape index (κ3) is 9.33. The van der Waals surface area contributed by atoms with Crippen molar-refractivity contribution < 1.29 is 30.9 Å². The zero-order chi connectivity index (χ0) is 49.5. The number of benzene rings is 7. The van der Waals surface area contributed by atoms with Crippen LogP contribution in [-0.4, -0.2) is 26.4 Å². The van der Waals surface area contributed by atoms with E-state index in [4.69, 9.17) is 14.7 Å². The van der Waals surface area contributed by atoms with E-state index in [1.165, 1.54) is 5.56 Å². The molecule has 1 N–H and O–H groups in total. The number of para-hydroxylation sites is 3. The number of phenols is 1. The Balaban J connectivity index is 0.00000624. The summed E-state index contributed by atoms with van der Waals surface area (Å²) in [6.45, 7) is 26.7. The average Bonchev–Trinajstić information content (AvgIpc) is 3.71. The van der Waals surface area contributed by atoms with Gasteiger partial charge in [-0.2, -0.15) is 0 Å². The van der Waals surface area contributed by atoms with E-state index in [1.54, 1.807) is 0 Å². The van der Waals surface area contributed by atoms with Crippen molar-refractivity contribution in [3.8, 4) is 67.8 Å². The number of phenolic OH excluding ortho intramolecular Hbond substituents is 1. The van der Waals surface area contributed by atoms with Crippen molar-refractivity contribution >= 4 is 34.1 Å². The maximum Gasteiger partial charge on any atom is 0.250 e. The molecule has 1 aliphatic heterocycles. The maximum atomic E-state index is 12.6. The van der Waals surface area contributed by atoms with Crippen LogP contribution in [-0.2, 0) is 42.7 Å². The Kier molecular flexibility index (Phi) is 12.7. The minimum Gasteiger partial charge on any atom is -0.507 e. The summed E-state index contributed by atoms with van der Waals surface area (Å²) >= 11 is 0. The average molecular weight is 1110 g/mol. The Morgan fingerprint density at radius 2 is 1.13 bits per heavy atom. The van der Waals surface area contributed by atoms with Gasteiger partial charge in [-0.3, -0.25) is 9.55 Å². The first-order valence-electron chi connectivity index (χ1n) is 24.7. The van der Waals surface area contributed by atoms with Crippen molar-refractivity contribution in [1.29, 1.82) is 0 Å². The molecule has 2 aromatic heterocycles. The molecule has 0 saturated carbocycles. The maximum absolute atomic E-state index is 12.6. The Hall–Kier alpha value is -6.49. The molecule has 0 aliphatic carbocycles. The smallest absolute Gasteiger partial charge is 0.250 e. The summed E-state index contributed by atoms with van der Waals surface area (Å²) in [6, 6.07) is 57.7. The minimum absolute atomic E-state index is 0. The summed E-state index contributed by atoms with van der Waals surface area (Å²) in [6.07, 6.45) is 1.93. The molecule has 0 amide bonds. The van der Waals surface area contributed by atoms with E-state index in [-0.39, 0.29) is 55.2 Å². The van der Waals surface area contributed by atoms with Crippen LogP contribution in [0.1, 0.15) is 105 Å². The van der Waals surface area contributed by atoms with Gasteiger partial charge in [-0.15, -0.1) is 29.3 Å². The Morgan fingerprint density at radius 1 is 0.535 bits per heavy atom. The van der Waals surface area contributed by atoms with Crippen molar-refractivity contribution in [2.24, 2.45) is 0 Å². The topological polar surface area (TPSA) is 60.2 Å². The second-order valence-electron chi connectivity index (χ2n) is 23.2. The molecule has 10 rings (SSSR count). The van der Waals surface area contributed by atoms with Crippen LogP contribution in [0.25, 0.3) is 61.6 Å². The summed E-state index contributed by atoms with van der Waals surface area (Å²) in [5.74, 6) is 2.66. The molecule has 5 nitrogen and oxygen atoms in total. The standard InChI is InChI=1S/C64H63BN3O2.Pt/c1-61(2,3)43-29-30-54(48(36-43)40-21-14-13-15-22-40)68-55-26-20-23-47(58(55)67-60(68)49-37-45(63(7,8)9)38-50(59(49)69)64(10,11)12)41-33-42(35-44(34-41)62(4,5)6)53-39-46(31-32-66-53)65-51-24-16-18-27-56(51)70-57-28-19-17-25-52(57)65;/h13-32,34-39,69H,1-12H3;/q-1;. The minimum atomic E-state index is -0.340. The Morgan fingerprint density at radius 3 is 1.76 bits per heavy atom. The molecule has 9 aromatic rings. The van der Waals surface area contributed by atoms with Crippen molar-refractivity contribution in [2.75, 3.05) is 0 Å². The van der Waals surface area contributed by atoms with Gasteiger partial charge in [0.15, 0.2) is 0 Å². The van der Waals surface area contributed by atoms with E-state index >= 15 is 0 Å². The second kappa shape index (κ2) is 18.3. The van der Waals surface area contributed by atoms with E-state index in [1.807, 2.05) is 18.3 Å². The van der Waals surface area contributed by atoms with Crippen molar-refractivity contribution in [2.45, 2.75) is 105 Å². The van der Waals surface area contributed by atoms with Crippen molar-refractivity contribution in [1.82, 2.24) is 14.5 Å². The van der Waals surface area contributed by atoms with Gasteiger partial charge in [0, 0.05) is 44.1 Å². The zero-order valence-electron chi connectivity index (χ0n) is 43.1. The SMILES string of the molecule is CC(C)(C)c1cc(-c2cc(B3c4ccccc4Oc4ccccc43)ccn2)[c-]c(-c2cccc3c2nc(-c2cc(C(C)(C)C)cc(C(C)(C)C)c2O)n3-c2ccc(C(C)(C)C)cc2-c2ccccc2)c1.[Pt]. The van der Waals surface area contributed by atoms with Gasteiger partial charge in [0.2, 0.25) is 6.71 Å². The predicted molar refractivity (Wildman–Crippen MR) is 294 cm³/mol. The molecule has 0 atom stereocenters. The summed E-state index contributed by atoms with van der Waals surface area (Å²) in [5, 5.41) is 12.6. The Bertz CT molecular complexity index is 3430. The fourth-order valence-corrected chi connectivity index (χ4v) is 9.93. The van der Waals surface area contributed by atoms with Crippen LogP contribution in [0.3, 0.4) is 0 Å². The largest absolute Gasteiger partial charge is 0.507 e. The number of pyridine rings is 1. The van der Waals surface area contributed by atoms with Crippen molar-refractivity contribution in [3.05, 3.63) is 186 Å². The molecule has 7 aromatic carbocycles. The number of rotatable bonds is 6. The number of ether oxygens (including phenoxy) is 1. The van der Waals surface area contributed by atoms with Gasteiger partial charge < -0.3 is 9.84 Å². The predicted octanol–water partition coefficient (Wildman–Crippen LogP) is 14.4. The van der Waals surface area contributed by atoms with Crippen LogP contribution in [0.4, 0.5) is 0 Å². The quantitative estimate of drug-likeness (QED) is 0.133. The molecule has 0 unspecified atom stereocenters. The number of hydrogen-bond donors (Lipinski definition) is 1. The molecule has 0 spiro atoms. The Labute approximate surface area is 435 Å². The molecule has 360 valence electrons. The summed E-state index contributed by atoms with van der Waals surface area (Å²) in [4.78, 5) is 10.8. The van der Waals surface area contributed by atoms with Crippen LogP contribution >= 0.6 is 0 Å². The fourth-order valence-electron chi connectivity index (χ4n) is 9.93. The van der Waals surface area contributed by atoms with Gasteiger partial charge in [-0.1, -0.05) is 197 Å². The molecular weight excluding hydrogens is 1050 g/mol. The number of imidazole rings is 1. The number of nitrogens with zero attached hydrogens (tertiary/aromatic N) is 3. The molecule has 0 bridgehead atoms. The monoisotopic (exact) mass is 1110 g/mol. The van der Waals surface area contributed by atoms with E-state index in [0.29, 0.717) is 11.4 Å². The van der Waals surface area contributed by atoms with E-state index in [2.05, 4.69) is 233 Å². The number of hydrogen-bond acceptors (Lipinski definition) is 4. The van der Waals surface area contributed by atoms with Gasteiger partial charge in [0.25, 0.3) is 0 Å². The van der Waals surface area contributed by atoms with Gasteiger partial charge >= 0.3 is 0 Å². The first kappa shape index (κ1) is 49.5. The summed E-state index contributed by atoms with van der Waals surface area (Å²) in [7, 11) is 0. The van der Waals surface area contributed by atoms with Crippen molar-refractivity contribution in [3.63, 3.8) is 0 Å². The first-order valence-corrected chi connectivity index (χ1v) is 24.7. The number of aromatic nitrogens is 3. The molecular formula is C64H63BN3O2Pt-. The molecule has 71 heavy (non-hydrogen) atoms. The molecule has 0 saturated heterocycles. The molecule has 1 aliphatic rings.